The van der Waals surface area contributed by atoms with E-state index >= 15 is 0 Å². The molecule has 1 aliphatic carbocycles. The first-order valence-corrected chi connectivity index (χ1v) is 8.97. The number of hydrogen-bond donors (Lipinski definition) is 0. The highest BCUT2D eigenvalue weighted by Crippen LogP contribution is 2.48. The van der Waals surface area contributed by atoms with Crippen molar-refractivity contribution in [3.63, 3.8) is 0 Å². The lowest BCUT2D eigenvalue weighted by atomic mass is 9.61. The molecule has 25 heavy (non-hydrogen) atoms. The smallest absolute Gasteiger partial charge is 0.338 e. The molecule has 0 heterocycles. The molecule has 0 bridgehead atoms. The molecule has 0 aromatic heterocycles. The fourth-order valence-electron chi connectivity index (χ4n) is 3.69. The number of ether oxygens (including phenoxy) is 1. The second-order valence-corrected chi connectivity index (χ2v) is 7.68. The summed E-state index contributed by atoms with van der Waals surface area (Å²) in [6.45, 7) is 19.0. The molecule has 1 aromatic carbocycles. The van der Waals surface area contributed by atoms with Gasteiger partial charge in [0, 0.05) is 0 Å². The minimum atomic E-state index is -0.297. The van der Waals surface area contributed by atoms with Crippen LogP contribution in [0.2, 0.25) is 0 Å². The van der Waals surface area contributed by atoms with Gasteiger partial charge in [-0.3, -0.25) is 0 Å². The minimum Gasteiger partial charge on any atom is -0.458 e. The molecule has 2 heteroatoms. The first-order valence-electron chi connectivity index (χ1n) is 8.97. The average molecular weight is 338 g/mol. The maximum absolute atomic E-state index is 12.2. The van der Waals surface area contributed by atoms with Gasteiger partial charge in [0.2, 0.25) is 0 Å². The van der Waals surface area contributed by atoms with E-state index in [9.17, 15) is 4.79 Å². The lowest BCUT2D eigenvalue weighted by Gasteiger charge is -2.44. The van der Waals surface area contributed by atoms with Crippen LogP contribution in [0.5, 0.6) is 0 Å². The predicted octanol–water partition coefficient (Wildman–Crippen LogP) is 5.89. The molecule has 0 N–H and O–H groups in total. The van der Waals surface area contributed by atoms with Gasteiger partial charge in [-0.2, -0.15) is 0 Å². The van der Waals surface area contributed by atoms with E-state index in [4.69, 9.17) is 4.74 Å². The molecule has 1 aliphatic rings. The van der Waals surface area contributed by atoms with E-state index in [1.54, 1.807) is 12.1 Å². The van der Waals surface area contributed by atoms with Gasteiger partial charge in [0.15, 0.2) is 0 Å². The van der Waals surface area contributed by atoms with E-state index in [0.717, 1.165) is 30.4 Å². The van der Waals surface area contributed by atoms with Gasteiger partial charge < -0.3 is 4.74 Å². The SMILES string of the molecule is C=C[C@]1(C)CC[C@@H](C(=C)C)C[C@H]1C(=C)COC(=O)c1ccc(C)cc1. The number of carbonyl (C=O) groups excluding carboxylic acids is 1. The molecule has 1 fully saturated rings. The molecular weight excluding hydrogens is 308 g/mol. The van der Waals surface area contributed by atoms with Gasteiger partial charge in [0.25, 0.3) is 0 Å². The third kappa shape index (κ3) is 4.50. The molecular formula is C23H30O2. The van der Waals surface area contributed by atoms with Crippen molar-refractivity contribution >= 4 is 5.97 Å². The molecule has 2 nitrogen and oxygen atoms in total. The van der Waals surface area contributed by atoms with Crippen LogP contribution in [0.15, 0.2) is 61.2 Å². The number of rotatable bonds is 6. The van der Waals surface area contributed by atoms with Crippen molar-refractivity contribution in [3.8, 4) is 0 Å². The van der Waals surface area contributed by atoms with Crippen LogP contribution >= 0.6 is 0 Å². The van der Waals surface area contributed by atoms with Gasteiger partial charge in [-0.15, -0.1) is 6.58 Å². The molecule has 0 unspecified atom stereocenters. The Kier molecular flexibility index (Phi) is 6.05. The normalized spacial score (nSPS) is 25.9. The summed E-state index contributed by atoms with van der Waals surface area (Å²) in [5.41, 5.74) is 3.89. The topological polar surface area (TPSA) is 26.3 Å². The third-order valence-corrected chi connectivity index (χ3v) is 5.68. The summed E-state index contributed by atoms with van der Waals surface area (Å²) in [5, 5.41) is 0. The van der Waals surface area contributed by atoms with Crippen LogP contribution in [0.4, 0.5) is 0 Å². The fraction of sp³-hybridized carbons (Fsp3) is 0.435. The quantitative estimate of drug-likeness (QED) is 0.477. The first kappa shape index (κ1) is 19.2. The molecule has 0 amide bonds. The molecule has 3 atom stereocenters. The zero-order valence-corrected chi connectivity index (χ0v) is 15.8. The minimum absolute atomic E-state index is 0.000695. The highest BCUT2D eigenvalue weighted by molar-refractivity contribution is 5.89. The number of allylic oxidation sites excluding steroid dienone is 2. The van der Waals surface area contributed by atoms with Crippen molar-refractivity contribution in [1.29, 1.82) is 0 Å². The highest BCUT2D eigenvalue weighted by atomic mass is 16.5. The molecule has 0 saturated heterocycles. The number of benzene rings is 1. The first-order chi connectivity index (χ1) is 11.8. The Balaban J connectivity index is 2.03. The van der Waals surface area contributed by atoms with E-state index in [1.807, 2.05) is 25.1 Å². The maximum atomic E-state index is 12.2. The zero-order valence-electron chi connectivity index (χ0n) is 15.8. The molecule has 1 aromatic rings. The largest absolute Gasteiger partial charge is 0.458 e. The number of hydrogen-bond acceptors (Lipinski definition) is 2. The summed E-state index contributed by atoms with van der Waals surface area (Å²) in [6.07, 6.45) is 5.23. The van der Waals surface area contributed by atoms with Crippen LogP contribution in [-0.2, 0) is 4.74 Å². The van der Waals surface area contributed by atoms with Gasteiger partial charge in [-0.25, -0.2) is 4.79 Å². The summed E-state index contributed by atoms with van der Waals surface area (Å²) >= 11 is 0. The second-order valence-electron chi connectivity index (χ2n) is 7.68. The Bertz CT molecular complexity index is 668. The Morgan fingerprint density at radius 3 is 2.52 bits per heavy atom. The van der Waals surface area contributed by atoms with E-state index < -0.39 is 0 Å². The van der Waals surface area contributed by atoms with Crippen molar-refractivity contribution in [2.24, 2.45) is 17.3 Å². The van der Waals surface area contributed by atoms with Crippen LogP contribution in [0.25, 0.3) is 0 Å². The Morgan fingerprint density at radius 1 is 1.32 bits per heavy atom. The lowest BCUT2D eigenvalue weighted by Crippen LogP contribution is -2.35. The van der Waals surface area contributed by atoms with E-state index in [2.05, 4.69) is 33.6 Å². The number of esters is 1. The van der Waals surface area contributed by atoms with Crippen LogP contribution in [-0.4, -0.2) is 12.6 Å². The van der Waals surface area contributed by atoms with Gasteiger partial charge >= 0.3 is 5.97 Å². The summed E-state index contributed by atoms with van der Waals surface area (Å²) in [6, 6.07) is 7.43. The Morgan fingerprint density at radius 2 is 1.96 bits per heavy atom. The van der Waals surface area contributed by atoms with Gasteiger partial charge in [0.05, 0.1) is 5.56 Å². The fourth-order valence-corrected chi connectivity index (χ4v) is 3.69. The number of carbonyl (C=O) groups is 1. The molecule has 134 valence electrons. The molecule has 2 rings (SSSR count). The van der Waals surface area contributed by atoms with Crippen LogP contribution in [0.1, 0.15) is 49.0 Å². The van der Waals surface area contributed by atoms with Crippen molar-refractivity contribution < 1.29 is 9.53 Å². The Hall–Kier alpha value is -2.09. The molecule has 0 aliphatic heterocycles. The Labute approximate surface area is 152 Å². The van der Waals surface area contributed by atoms with Crippen molar-refractivity contribution in [2.75, 3.05) is 6.61 Å². The van der Waals surface area contributed by atoms with Crippen LogP contribution in [0.3, 0.4) is 0 Å². The monoisotopic (exact) mass is 338 g/mol. The molecule has 1 saturated carbocycles. The second kappa shape index (κ2) is 7.86. The maximum Gasteiger partial charge on any atom is 0.338 e. The average Bonchev–Trinajstić information content (AvgIpc) is 2.60. The van der Waals surface area contributed by atoms with E-state index in [1.165, 1.54) is 5.57 Å². The van der Waals surface area contributed by atoms with Crippen molar-refractivity contribution in [1.82, 2.24) is 0 Å². The van der Waals surface area contributed by atoms with Gasteiger partial charge in [-0.05, 0) is 68.1 Å². The van der Waals surface area contributed by atoms with Crippen LogP contribution in [0, 0.1) is 24.2 Å². The summed E-state index contributed by atoms with van der Waals surface area (Å²) in [7, 11) is 0. The predicted molar refractivity (Wildman–Crippen MR) is 105 cm³/mol. The summed E-state index contributed by atoms with van der Waals surface area (Å²) in [4.78, 5) is 12.2. The third-order valence-electron chi connectivity index (χ3n) is 5.68. The van der Waals surface area contributed by atoms with Crippen molar-refractivity contribution in [2.45, 2.75) is 40.0 Å². The van der Waals surface area contributed by atoms with Crippen LogP contribution < -0.4 is 0 Å². The van der Waals surface area contributed by atoms with Crippen molar-refractivity contribution in [3.05, 3.63) is 72.4 Å². The van der Waals surface area contributed by atoms with Gasteiger partial charge in [0.1, 0.15) is 6.61 Å². The number of aryl methyl sites for hydroxylation is 1. The summed E-state index contributed by atoms with van der Waals surface area (Å²) < 4.78 is 5.52. The summed E-state index contributed by atoms with van der Waals surface area (Å²) in [5.74, 6) is 0.461. The lowest BCUT2D eigenvalue weighted by molar-refractivity contribution is 0.0509. The molecule has 0 radical (unpaired) electrons. The zero-order chi connectivity index (χ0) is 18.6. The van der Waals surface area contributed by atoms with E-state index in [-0.39, 0.29) is 23.9 Å². The molecule has 0 spiro atoms. The van der Waals surface area contributed by atoms with Gasteiger partial charge in [-0.1, -0.05) is 49.4 Å². The standard InChI is InChI=1S/C23H30O2/c1-7-23(6)13-12-20(16(2)3)14-21(23)18(5)15-25-22(24)19-10-8-17(4)9-11-19/h7-11,20-21H,1-2,5,12-15H2,3-4,6H3/t20-,21+,23-/m1/s1. The highest BCUT2D eigenvalue weighted by Gasteiger charge is 2.39. The van der Waals surface area contributed by atoms with E-state index in [0.29, 0.717) is 11.5 Å².